The summed E-state index contributed by atoms with van der Waals surface area (Å²) >= 11 is 0. The zero-order valence-corrected chi connectivity index (χ0v) is 18.3. The van der Waals surface area contributed by atoms with Gasteiger partial charge in [0.05, 0.1) is 13.2 Å². The van der Waals surface area contributed by atoms with Crippen LogP contribution in [0.25, 0.3) is 0 Å². The zero-order chi connectivity index (χ0) is 21.7. The molecule has 0 aliphatic carbocycles. The molecule has 0 bridgehead atoms. The summed E-state index contributed by atoms with van der Waals surface area (Å²) in [5, 5.41) is 0. The van der Waals surface area contributed by atoms with Gasteiger partial charge in [-0.1, -0.05) is 78.4 Å². The fourth-order valence-electron chi connectivity index (χ4n) is 3.11. The fraction of sp³-hybridized carbons (Fsp3) is 0.259. The van der Waals surface area contributed by atoms with Gasteiger partial charge >= 0.3 is 0 Å². The SMILES string of the molecule is COCOc1cccc(OCc2ccccc2)c1C/C=C(\C)COCc1ccccc1. The Morgan fingerprint density at radius 1 is 0.742 bits per heavy atom. The van der Waals surface area contributed by atoms with Gasteiger partial charge in [-0.2, -0.15) is 0 Å². The molecule has 0 atom stereocenters. The van der Waals surface area contributed by atoms with Gasteiger partial charge in [-0.25, -0.2) is 0 Å². The normalized spacial score (nSPS) is 11.4. The summed E-state index contributed by atoms with van der Waals surface area (Å²) in [6.45, 7) is 3.96. The Balaban J connectivity index is 1.65. The van der Waals surface area contributed by atoms with Gasteiger partial charge in [-0.15, -0.1) is 0 Å². The second kappa shape index (κ2) is 12.6. The minimum absolute atomic E-state index is 0.192. The van der Waals surface area contributed by atoms with Crippen LogP contribution in [0, 0.1) is 0 Å². The Hall–Kier alpha value is -3.08. The highest BCUT2D eigenvalue weighted by atomic mass is 16.7. The average Bonchev–Trinajstić information content (AvgIpc) is 2.82. The number of hydrogen-bond donors (Lipinski definition) is 0. The lowest BCUT2D eigenvalue weighted by Crippen LogP contribution is -2.05. The summed E-state index contributed by atoms with van der Waals surface area (Å²) in [7, 11) is 1.61. The molecule has 3 rings (SSSR count). The standard InChI is InChI=1S/C27H30O4/c1-22(18-29-19-23-10-5-3-6-11-23)16-17-25-26(14-9-15-27(25)31-21-28-2)30-20-24-12-7-4-8-13-24/h3-16H,17-21H2,1-2H3/b22-16+. The molecule has 4 nitrogen and oxygen atoms in total. The van der Waals surface area contributed by atoms with Crippen LogP contribution in [0.1, 0.15) is 23.6 Å². The van der Waals surface area contributed by atoms with Crippen LogP contribution < -0.4 is 9.47 Å². The van der Waals surface area contributed by atoms with Crippen molar-refractivity contribution in [2.45, 2.75) is 26.6 Å². The molecule has 0 aromatic heterocycles. The number of ether oxygens (including phenoxy) is 4. The van der Waals surface area contributed by atoms with Crippen LogP contribution >= 0.6 is 0 Å². The molecule has 0 fully saturated rings. The van der Waals surface area contributed by atoms with E-state index in [-0.39, 0.29) is 6.79 Å². The summed E-state index contributed by atoms with van der Waals surface area (Å²) < 4.78 is 22.9. The number of hydrogen-bond acceptors (Lipinski definition) is 4. The quantitative estimate of drug-likeness (QED) is 0.269. The molecule has 3 aromatic carbocycles. The lowest BCUT2D eigenvalue weighted by Gasteiger charge is -2.15. The highest BCUT2D eigenvalue weighted by Gasteiger charge is 2.11. The van der Waals surface area contributed by atoms with Gasteiger partial charge in [0.15, 0.2) is 6.79 Å². The highest BCUT2D eigenvalue weighted by Crippen LogP contribution is 2.30. The summed E-state index contributed by atoms with van der Waals surface area (Å²) in [6, 6.07) is 26.2. The molecule has 31 heavy (non-hydrogen) atoms. The van der Waals surface area contributed by atoms with Crippen LogP contribution in [-0.2, 0) is 29.1 Å². The van der Waals surface area contributed by atoms with E-state index in [0.717, 1.165) is 28.2 Å². The van der Waals surface area contributed by atoms with Crippen molar-refractivity contribution < 1.29 is 18.9 Å². The number of rotatable bonds is 12. The lowest BCUT2D eigenvalue weighted by atomic mass is 10.1. The molecule has 162 valence electrons. The van der Waals surface area contributed by atoms with Crippen LogP contribution in [-0.4, -0.2) is 20.5 Å². The molecule has 3 aromatic rings. The Kier molecular flexibility index (Phi) is 9.17. The van der Waals surface area contributed by atoms with E-state index in [1.807, 2.05) is 54.6 Å². The van der Waals surface area contributed by atoms with Crippen molar-refractivity contribution in [2.75, 3.05) is 20.5 Å². The van der Waals surface area contributed by atoms with Gasteiger partial charge in [-0.3, -0.25) is 0 Å². The molecule has 0 aliphatic heterocycles. The molecular weight excluding hydrogens is 388 g/mol. The Morgan fingerprint density at radius 2 is 1.35 bits per heavy atom. The van der Waals surface area contributed by atoms with Crippen molar-refractivity contribution in [3.8, 4) is 11.5 Å². The van der Waals surface area contributed by atoms with Gasteiger partial charge in [-0.05, 0) is 36.6 Å². The van der Waals surface area contributed by atoms with Gasteiger partial charge in [0, 0.05) is 12.7 Å². The second-order valence-corrected chi connectivity index (χ2v) is 7.29. The maximum absolute atomic E-state index is 6.13. The predicted molar refractivity (Wildman–Crippen MR) is 123 cm³/mol. The first-order valence-electron chi connectivity index (χ1n) is 10.4. The maximum atomic E-state index is 6.13. The molecule has 0 aliphatic rings. The minimum atomic E-state index is 0.192. The fourth-order valence-corrected chi connectivity index (χ4v) is 3.11. The zero-order valence-electron chi connectivity index (χ0n) is 18.3. The van der Waals surface area contributed by atoms with E-state index in [2.05, 4.69) is 37.3 Å². The van der Waals surface area contributed by atoms with Gasteiger partial charge in [0.1, 0.15) is 18.1 Å². The van der Waals surface area contributed by atoms with E-state index >= 15 is 0 Å². The molecule has 4 heteroatoms. The maximum Gasteiger partial charge on any atom is 0.188 e. The molecule has 0 heterocycles. The first kappa shape index (κ1) is 22.6. The minimum Gasteiger partial charge on any atom is -0.488 e. The second-order valence-electron chi connectivity index (χ2n) is 7.29. The summed E-state index contributed by atoms with van der Waals surface area (Å²) in [5.41, 5.74) is 4.45. The van der Waals surface area contributed by atoms with Crippen LogP contribution in [0.3, 0.4) is 0 Å². The summed E-state index contributed by atoms with van der Waals surface area (Å²) in [5.74, 6) is 1.58. The van der Waals surface area contributed by atoms with E-state index in [1.54, 1.807) is 7.11 Å². The third-order valence-corrected chi connectivity index (χ3v) is 4.76. The third-order valence-electron chi connectivity index (χ3n) is 4.76. The first-order valence-corrected chi connectivity index (χ1v) is 10.4. The summed E-state index contributed by atoms with van der Waals surface area (Å²) in [4.78, 5) is 0. The molecule has 0 spiro atoms. The monoisotopic (exact) mass is 418 g/mol. The predicted octanol–water partition coefficient (Wildman–Crippen LogP) is 5.95. The molecule has 0 N–H and O–H groups in total. The van der Waals surface area contributed by atoms with Crippen LogP contribution in [0.15, 0.2) is 90.5 Å². The molecule has 0 amide bonds. The van der Waals surface area contributed by atoms with E-state index in [4.69, 9.17) is 18.9 Å². The van der Waals surface area contributed by atoms with E-state index in [9.17, 15) is 0 Å². The van der Waals surface area contributed by atoms with Gasteiger partial charge < -0.3 is 18.9 Å². The number of benzene rings is 3. The topological polar surface area (TPSA) is 36.9 Å². The van der Waals surface area contributed by atoms with E-state index < -0.39 is 0 Å². The largest absolute Gasteiger partial charge is 0.488 e. The Labute approximate surface area is 185 Å². The van der Waals surface area contributed by atoms with Crippen molar-refractivity contribution in [1.29, 1.82) is 0 Å². The number of methoxy groups -OCH3 is 1. The highest BCUT2D eigenvalue weighted by molar-refractivity contribution is 5.46. The van der Waals surface area contributed by atoms with Crippen LogP contribution in [0.5, 0.6) is 11.5 Å². The first-order chi connectivity index (χ1) is 15.3. The summed E-state index contributed by atoms with van der Waals surface area (Å²) in [6.07, 6.45) is 2.85. The molecule has 0 radical (unpaired) electrons. The molecule has 0 saturated carbocycles. The van der Waals surface area contributed by atoms with Crippen LogP contribution in [0.4, 0.5) is 0 Å². The number of allylic oxidation sites excluding steroid dienone is 1. The Bertz CT molecular complexity index is 936. The molecular formula is C27H30O4. The van der Waals surface area contributed by atoms with Crippen molar-refractivity contribution in [1.82, 2.24) is 0 Å². The van der Waals surface area contributed by atoms with Crippen LogP contribution in [0.2, 0.25) is 0 Å². The third kappa shape index (κ3) is 7.59. The lowest BCUT2D eigenvalue weighted by molar-refractivity contribution is 0.0502. The smallest absolute Gasteiger partial charge is 0.188 e. The van der Waals surface area contributed by atoms with Crippen molar-refractivity contribution in [2.24, 2.45) is 0 Å². The van der Waals surface area contributed by atoms with Gasteiger partial charge in [0.25, 0.3) is 0 Å². The van der Waals surface area contributed by atoms with E-state index in [1.165, 1.54) is 5.56 Å². The van der Waals surface area contributed by atoms with Crippen molar-refractivity contribution >= 4 is 0 Å². The average molecular weight is 419 g/mol. The van der Waals surface area contributed by atoms with Crippen molar-refractivity contribution in [3.05, 3.63) is 107 Å². The van der Waals surface area contributed by atoms with Gasteiger partial charge in [0.2, 0.25) is 0 Å². The Morgan fingerprint density at radius 3 is 2.00 bits per heavy atom. The van der Waals surface area contributed by atoms with Crippen molar-refractivity contribution in [3.63, 3.8) is 0 Å². The van der Waals surface area contributed by atoms with E-state index in [0.29, 0.717) is 26.2 Å². The molecule has 0 saturated heterocycles. The molecule has 0 unspecified atom stereocenters.